The average molecular weight is 245 g/mol. The molecule has 0 aromatic rings. The molecule has 0 saturated heterocycles. The molecule has 98 valence electrons. The van der Waals surface area contributed by atoms with E-state index in [4.69, 9.17) is 15.2 Å². The Morgan fingerprint density at radius 1 is 1.35 bits per heavy atom. The highest BCUT2D eigenvalue weighted by molar-refractivity contribution is 5.81. The van der Waals surface area contributed by atoms with Gasteiger partial charge in [-0.3, -0.25) is 10.5 Å². The van der Waals surface area contributed by atoms with Crippen LogP contribution in [0, 0.1) is 0 Å². The Kier molecular flexibility index (Phi) is 6.27. The minimum Gasteiger partial charge on any atom is -0.482 e. The summed E-state index contributed by atoms with van der Waals surface area (Å²) in [6.07, 6.45) is 1.20. The molecule has 1 atom stereocenters. The summed E-state index contributed by atoms with van der Waals surface area (Å²) >= 11 is 0. The first kappa shape index (κ1) is 15.4. The molecule has 0 heterocycles. The van der Waals surface area contributed by atoms with Crippen molar-refractivity contribution in [2.24, 2.45) is 5.73 Å². The van der Waals surface area contributed by atoms with Crippen LogP contribution >= 0.6 is 0 Å². The van der Waals surface area contributed by atoms with Crippen LogP contribution in [-0.2, 0) is 23.8 Å². The van der Waals surface area contributed by atoms with Crippen LogP contribution in [0.4, 0.5) is 0 Å². The van der Waals surface area contributed by atoms with E-state index in [-0.39, 0.29) is 6.42 Å². The molecule has 17 heavy (non-hydrogen) atoms. The zero-order valence-electron chi connectivity index (χ0n) is 10.6. The maximum Gasteiger partial charge on any atom is 0.333 e. The third kappa shape index (κ3) is 9.37. The molecule has 0 aromatic heterocycles. The number of esters is 2. The van der Waals surface area contributed by atoms with Gasteiger partial charge < -0.3 is 14.2 Å². The van der Waals surface area contributed by atoms with E-state index in [1.54, 1.807) is 20.8 Å². The number of hydrogen-bond acceptors (Lipinski definition) is 6. The molecule has 0 aromatic carbocycles. The van der Waals surface area contributed by atoms with Gasteiger partial charge in [-0.25, -0.2) is 4.79 Å². The summed E-state index contributed by atoms with van der Waals surface area (Å²) in [4.78, 5) is 22.0. The normalized spacial score (nSPS) is 13.2. The van der Waals surface area contributed by atoms with Gasteiger partial charge >= 0.3 is 11.9 Å². The highest BCUT2D eigenvalue weighted by Crippen LogP contribution is 2.09. The molecular weight excluding hydrogens is 226 g/mol. The Morgan fingerprint density at radius 3 is 2.41 bits per heavy atom. The van der Waals surface area contributed by atoms with Crippen LogP contribution in [0.5, 0.6) is 0 Å². The summed E-state index contributed by atoms with van der Waals surface area (Å²) in [5.74, 6) is -1.02. The summed E-state index contributed by atoms with van der Waals surface area (Å²) in [6.45, 7) is 5.28. The third-order valence-electron chi connectivity index (χ3n) is 1.45. The molecule has 0 amide bonds. The molecule has 1 unspecified atom stereocenters. The van der Waals surface area contributed by atoms with E-state index in [0.29, 0.717) is 0 Å². The molecule has 0 aliphatic heterocycles. The molecule has 0 rings (SSSR count). The fraction of sp³-hybridized carbons (Fsp3) is 0.636. The molecule has 0 fully saturated rings. The lowest BCUT2D eigenvalue weighted by Gasteiger charge is -2.20. The van der Waals surface area contributed by atoms with Crippen molar-refractivity contribution in [1.29, 1.82) is 0 Å². The van der Waals surface area contributed by atoms with E-state index in [9.17, 15) is 9.59 Å². The number of hydrogen-bond donors (Lipinski definition) is 1. The maximum absolute atomic E-state index is 11.3. The average Bonchev–Trinajstić information content (AvgIpc) is 2.13. The van der Waals surface area contributed by atoms with Gasteiger partial charge in [-0.15, -0.1) is 0 Å². The Balaban J connectivity index is 3.94. The number of rotatable bonds is 5. The van der Waals surface area contributed by atoms with E-state index in [1.807, 2.05) is 0 Å². The molecular formula is C11H19NO5. The predicted octanol–water partition coefficient (Wildman–Crippen LogP) is 0.706. The zero-order chi connectivity index (χ0) is 13.5. The molecule has 0 spiro atoms. The van der Waals surface area contributed by atoms with E-state index >= 15 is 0 Å². The van der Waals surface area contributed by atoms with Crippen LogP contribution in [0.3, 0.4) is 0 Å². The summed E-state index contributed by atoms with van der Waals surface area (Å²) in [5.41, 5.74) is 4.94. The second-order valence-electron chi connectivity index (χ2n) is 4.29. The number of carbonyl (C=O) groups excluding carboxylic acids is 2. The highest BCUT2D eigenvalue weighted by atomic mass is 16.6. The van der Waals surface area contributed by atoms with Crippen LogP contribution in [0.25, 0.3) is 0 Å². The van der Waals surface area contributed by atoms with Gasteiger partial charge in [0.05, 0.1) is 25.9 Å². The molecule has 6 nitrogen and oxygen atoms in total. The quantitative estimate of drug-likeness (QED) is 0.332. The van der Waals surface area contributed by atoms with Crippen LogP contribution in [0.15, 0.2) is 12.3 Å². The molecule has 6 heteroatoms. The van der Waals surface area contributed by atoms with E-state index in [2.05, 4.69) is 4.74 Å². The zero-order valence-corrected chi connectivity index (χ0v) is 10.6. The van der Waals surface area contributed by atoms with Crippen LogP contribution in [0.1, 0.15) is 27.2 Å². The topological polar surface area (TPSA) is 87.9 Å². The van der Waals surface area contributed by atoms with Gasteiger partial charge in [0.2, 0.25) is 0 Å². The SMILES string of the molecule is COC(=O)C=COC(N)CC(=O)OC(C)(C)C. The Labute approximate surface area is 101 Å². The van der Waals surface area contributed by atoms with Gasteiger partial charge in [0.25, 0.3) is 0 Å². The predicted molar refractivity (Wildman–Crippen MR) is 60.7 cm³/mol. The molecule has 0 saturated carbocycles. The Hall–Kier alpha value is -1.56. The third-order valence-corrected chi connectivity index (χ3v) is 1.45. The molecule has 0 bridgehead atoms. The fourth-order valence-electron chi connectivity index (χ4n) is 0.859. The van der Waals surface area contributed by atoms with Crippen LogP contribution in [0.2, 0.25) is 0 Å². The van der Waals surface area contributed by atoms with Gasteiger partial charge in [-0.1, -0.05) is 0 Å². The van der Waals surface area contributed by atoms with Crippen molar-refractivity contribution in [1.82, 2.24) is 0 Å². The fourth-order valence-corrected chi connectivity index (χ4v) is 0.859. The summed E-state index contributed by atoms with van der Waals surface area (Å²) in [5, 5.41) is 0. The largest absolute Gasteiger partial charge is 0.482 e. The monoisotopic (exact) mass is 245 g/mol. The second kappa shape index (κ2) is 6.90. The van der Waals surface area contributed by atoms with Crippen LogP contribution in [-0.4, -0.2) is 30.9 Å². The number of nitrogens with two attached hydrogens (primary N) is 1. The van der Waals surface area contributed by atoms with Crippen molar-refractivity contribution in [2.45, 2.75) is 39.0 Å². The summed E-state index contributed by atoms with van der Waals surface area (Å²) < 4.78 is 14.3. The Bertz CT molecular complexity index is 293. The van der Waals surface area contributed by atoms with Gasteiger partial charge in [0.1, 0.15) is 5.60 Å². The maximum atomic E-state index is 11.3. The van der Waals surface area contributed by atoms with Crippen molar-refractivity contribution < 1.29 is 23.8 Å². The standard InChI is InChI=1S/C11H19NO5/c1-11(2,3)17-10(14)7-8(12)16-6-5-9(13)15-4/h5-6,8H,7,12H2,1-4H3. The van der Waals surface area contributed by atoms with Crippen LogP contribution < -0.4 is 5.73 Å². The van der Waals surface area contributed by atoms with Crippen molar-refractivity contribution >= 4 is 11.9 Å². The smallest absolute Gasteiger partial charge is 0.333 e. The van der Waals surface area contributed by atoms with Gasteiger partial charge in [-0.05, 0) is 20.8 Å². The number of carbonyl (C=O) groups is 2. The molecule has 0 radical (unpaired) electrons. The van der Waals surface area contributed by atoms with Gasteiger partial charge in [0.15, 0.2) is 6.23 Å². The molecule has 2 N–H and O–H groups in total. The van der Waals surface area contributed by atoms with E-state index in [1.165, 1.54) is 7.11 Å². The lowest BCUT2D eigenvalue weighted by Crippen LogP contribution is -2.30. The van der Waals surface area contributed by atoms with Gasteiger partial charge in [-0.2, -0.15) is 0 Å². The second-order valence-corrected chi connectivity index (χ2v) is 4.29. The summed E-state index contributed by atoms with van der Waals surface area (Å²) in [6, 6.07) is 0. The molecule has 0 aliphatic carbocycles. The van der Waals surface area contributed by atoms with E-state index < -0.39 is 23.8 Å². The van der Waals surface area contributed by atoms with E-state index in [0.717, 1.165) is 12.3 Å². The first-order chi connectivity index (χ1) is 7.74. The lowest BCUT2D eigenvalue weighted by atomic mass is 10.2. The minimum atomic E-state index is -0.856. The van der Waals surface area contributed by atoms with Crippen molar-refractivity contribution in [3.63, 3.8) is 0 Å². The van der Waals surface area contributed by atoms with Crippen molar-refractivity contribution in [3.05, 3.63) is 12.3 Å². The highest BCUT2D eigenvalue weighted by Gasteiger charge is 2.18. The molecule has 0 aliphatic rings. The minimum absolute atomic E-state index is 0.0945. The number of ether oxygens (including phenoxy) is 3. The van der Waals surface area contributed by atoms with Crippen molar-refractivity contribution in [3.8, 4) is 0 Å². The Morgan fingerprint density at radius 2 is 1.94 bits per heavy atom. The first-order valence-corrected chi connectivity index (χ1v) is 5.12. The summed E-state index contributed by atoms with van der Waals surface area (Å²) in [7, 11) is 1.24. The van der Waals surface area contributed by atoms with Gasteiger partial charge in [0, 0.05) is 0 Å². The number of methoxy groups -OCH3 is 1. The first-order valence-electron chi connectivity index (χ1n) is 5.12. The lowest BCUT2D eigenvalue weighted by molar-refractivity contribution is -0.157. The van der Waals surface area contributed by atoms with Crippen molar-refractivity contribution in [2.75, 3.05) is 7.11 Å².